The van der Waals surface area contributed by atoms with Crippen LogP contribution < -0.4 is 0 Å². The van der Waals surface area contributed by atoms with Crippen LogP contribution in [0.4, 0.5) is 0 Å². The first-order valence-electron chi connectivity index (χ1n) is 47.0. The second-order valence-corrected chi connectivity index (χ2v) is 21.8. The second-order valence-electron chi connectivity index (χ2n) is 21.8. The third-order valence-electron chi connectivity index (χ3n) is 17.0. The Bertz CT molecular complexity index is 5460. The Morgan fingerprint density at radius 2 is 0.367 bits per heavy atom. The summed E-state index contributed by atoms with van der Waals surface area (Å²) < 4.78 is 189. The normalized spacial score (nSPS) is 13.4. The van der Waals surface area contributed by atoms with E-state index in [2.05, 4.69) is 94.5 Å². The molecule has 20 rings (SSSR count). The van der Waals surface area contributed by atoms with Gasteiger partial charge >= 0.3 is 0 Å². The zero-order valence-corrected chi connectivity index (χ0v) is 48.2. The molecule has 90 heavy (non-hydrogen) atoms. The number of fused-ring (bicyclic) bond motifs is 30. The molecule has 0 aliphatic rings. The molecule has 8 heteroatoms. The SMILES string of the molecule is [2H][2H].[2H][2H].[2H][2H].[2H][2H].[2H][2H].[2H][2H].[2H][2H].[2H][2H].[2H][2H].[2H][2H].[2H][2H].[2H][2H].[2H][2H].[2H][2H].[2H][2H].[2H]c1ccc2c(c1)c1cccnc1c1cnccc21.[2H]c1ccc2c(c1)c1cnccc1c1ncccc21.[2H]c1ccc2c3ccccc3c3ccncc3c2c1.[2H]c1ccc2c3ccccc3c3ncccc3c2c1.[2H]c1ccc2c3ccncc3c3cnccc3c2c1. The van der Waals surface area contributed by atoms with Crippen LogP contribution in [0.25, 0.3) is 162 Å². The molecule has 0 N–H and O–H groups in total. The number of nitrogens with zero attached hydrogens (tertiary/aromatic N) is 8. The number of hydrogen-bond donors (Lipinski definition) is 0. The molecular formula is C82H82N8. The number of aromatic nitrogens is 8. The average Bonchev–Trinajstić information content (AvgIpc) is 0.776. The van der Waals surface area contributed by atoms with Gasteiger partial charge in [0.05, 0.1) is 23.4 Å². The Morgan fingerprint density at radius 1 is 0.178 bits per heavy atom. The molecule has 0 aliphatic heterocycles. The molecule has 0 atom stereocenters. The van der Waals surface area contributed by atoms with E-state index >= 15 is 0 Å². The molecule has 0 bridgehead atoms. The standard InChI is InChI=1S/2C17H11N.3C16H10N2.15H2/c1-2-7-14-12(6-1)13-8-3-4-9-15(13)17-16(14)10-5-11-18-17;1-2-7-14-12(5-1)13-6-3-4-8-15(13)17-11-18-10-9-16(14)17;1-2-5-12-11(4-1)13-7-9-17-10-15(13)16-14(12)6-3-8-18-16;1-2-5-12-11(4-1)13-6-3-8-18-16(13)14-7-9-17-10-15(12)14;1-2-4-12-11(3-1)13-5-7-17-9-15(13)16-10-18-8-6-14(12)16;;;;;;;;;;;;;;;/h2*1-11H;3*1-10H;15*1H/i2D;4D;2*2D;1D;15*1+1D. The maximum absolute atomic E-state index is 7.84. The second kappa shape index (κ2) is 23.2. The molecule has 0 saturated heterocycles. The van der Waals surface area contributed by atoms with E-state index in [1.807, 2.05) is 201 Å². The van der Waals surface area contributed by atoms with E-state index in [0.29, 0.717) is 30.2 Å². The Morgan fingerprint density at radius 3 is 0.722 bits per heavy atom. The summed E-state index contributed by atoms with van der Waals surface area (Å²) in [6.07, 6.45) is 23.8. The van der Waals surface area contributed by atoms with Crippen LogP contribution in [0, 0.1) is 0 Å². The molecule has 0 aliphatic carbocycles. The van der Waals surface area contributed by atoms with Crippen molar-refractivity contribution in [2.45, 2.75) is 0 Å². The predicted molar refractivity (Wildman–Crippen MR) is 409 cm³/mol. The lowest BCUT2D eigenvalue weighted by atomic mass is 9.96. The van der Waals surface area contributed by atoms with Crippen LogP contribution in [0.15, 0.2) is 317 Å². The van der Waals surface area contributed by atoms with Crippen molar-refractivity contribution in [3.63, 3.8) is 0 Å². The van der Waals surface area contributed by atoms with Crippen molar-refractivity contribution >= 4 is 162 Å². The lowest BCUT2D eigenvalue weighted by molar-refractivity contribution is 1.35. The van der Waals surface area contributed by atoms with Gasteiger partial charge in [-0.05, 0) is 140 Å². The number of hydrogen-bond acceptors (Lipinski definition) is 8. The topological polar surface area (TPSA) is 103 Å². The lowest BCUT2D eigenvalue weighted by Crippen LogP contribution is -1.85. The molecule has 8 heterocycles. The van der Waals surface area contributed by atoms with Crippen LogP contribution in [0.5, 0.6) is 0 Å². The van der Waals surface area contributed by atoms with Gasteiger partial charge in [0.25, 0.3) is 0 Å². The predicted octanol–water partition coefficient (Wildman–Crippen LogP) is 24.6. The van der Waals surface area contributed by atoms with E-state index < -0.39 is 0 Å². The van der Waals surface area contributed by atoms with Crippen molar-refractivity contribution in [3.8, 4) is 0 Å². The van der Waals surface area contributed by atoms with Crippen LogP contribution in [-0.2, 0) is 0 Å². The molecule has 8 nitrogen and oxygen atoms in total. The van der Waals surface area contributed by atoms with E-state index in [1.54, 1.807) is 31.0 Å². The molecule has 20 aromatic rings. The number of pyridine rings is 8. The fourth-order valence-corrected chi connectivity index (χ4v) is 13.0. The minimum Gasteiger partial charge on any atom is -0.264 e. The zero-order chi connectivity index (χ0) is 94.1. The Hall–Kier alpha value is -12.3. The molecule has 0 radical (unpaired) electrons. The third kappa shape index (κ3) is 9.35. The molecule has 0 unspecified atom stereocenters. The monoisotopic (exact) mass is 1210 g/mol. The van der Waals surface area contributed by atoms with Crippen molar-refractivity contribution < 1.29 is 51.4 Å². The van der Waals surface area contributed by atoms with Crippen LogP contribution in [0.2, 0.25) is 0 Å². The van der Waals surface area contributed by atoms with Gasteiger partial charge in [0, 0.05) is 179 Å². The molecular weight excluding hydrogens is 1100 g/mol. The fourth-order valence-electron chi connectivity index (χ4n) is 13.0. The van der Waals surface area contributed by atoms with Crippen LogP contribution in [0.1, 0.15) is 51.4 Å². The first kappa shape index (κ1) is 36.0. The molecule has 0 amide bonds. The summed E-state index contributed by atoms with van der Waals surface area (Å²) in [5.74, 6) is 0. The summed E-state index contributed by atoms with van der Waals surface area (Å²) in [5.41, 5.74) is 2.95. The number of rotatable bonds is 0. The summed E-state index contributed by atoms with van der Waals surface area (Å²) in [4.78, 5) is 34.6. The van der Waals surface area contributed by atoms with Gasteiger partial charge in [-0.2, -0.15) is 0 Å². The van der Waals surface area contributed by atoms with Gasteiger partial charge in [0.2, 0.25) is 0 Å². The Kier molecular flexibility index (Phi) is 9.29. The molecule has 8 aromatic heterocycles. The van der Waals surface area contributed by atoms with Gasteiger partial charge in [-0.1, -0.05) is 188 Å². The lowest BCUT2D eigenvalue weighted by Gasteiger charge is -2.09. The minimum atomic E-state index is 0.515. The largest absolute Gasteiger partial charge is 0.264 e. The van der Waals surface area contributed by atoms with Gasteiger partial charge in [-0.25, -0.2) is 0 Å². The molecule has 12 aromatic carbocycles. The summed E-state index contributed by atoms with van der Waals surface area (Å²) >= 11 is 0. The molecule has 0 spiro atoms. The summed E-state index contributed by atoms with van der Waals surface area (Å²) in [7, 11) is 0. The van der Waals surface area contributed by atoms with Crippen molar-refractivity contribution in [3.05, 3.63) is 317 Å². The van der Waals surface area contributed by atoms with Gasteiger partial charge in [0.15, 0.2) is 0 Å². The summed E-state index contributed by atoms with van der Waals surface area (Å²) in [6, 6.07) is 70.3. The Labute approximate surface area is 569 Å². The quantitative estimate of drug-likeness (QED) is 0.138. The maximum atomic E-state index is 7.84. The first-order valence-corrected chi connectivity index (χ1v) is 29.5. The first-order chi connectivity index (χ1) is 61.7. The highest BCUT2D eigenvalue weighted by Crippen LogP contribution is 2.38. The highest BCUT2D eigenvalue weighted by atomic mass is 14.7. The molecule has 0 fully saturated rings. The molecule has 450 valence electrons. The highest BCUT2D eigenvalue weighted by molar-refractivity contribution is 6.28. The average molecular weight is 1210 g/mol. The number of benzene rings is 12. The third-order valence-corrected chi connectivity index (χ3v) is 17.0. The van der Waals surface area contributed by atoms with Crippen LogP contribution >= 0.6 is 0 Å². The van der Waals surface area contributed by atoms with E-state index in [1.165, 1.54) is 37.7 Å². The van der Waals surface area contributed by atoms with Crippen LogP contribution in [-0.4, -0.2) is 39.9 Å². The van der Waals surface area contributed by atoms with Crippen molar-refractivity contribution in [2.24, 2.45) is 0 Å². The molecule has 0 saturated carbocycles. The van der Waals surface area contributed by atoms with E-state index in [4.69, 9.17) is 51.4 Å². The summed E-state index contributed by atoms with van der Waals surface area (Å²) in [5, 5.41) is 30.5. The van der Waals surface area contributed by atoms with Crippen LogP contribution in [0.3, 0.4) is 0 Å². The van der Waals surface area contributed by atoms with Gasteiger partial charge in [0.1, 0.15) is 0 Å². The van der Waals surface area contributed by atoms with Crippen molar-refractivity contribution in [1.82, 2.24) is 39.9 Å². The van der Waals surface area contributed by atoms with Crippen molar-refractivity contribution in [1.29, 1.82) is 0 Å². The zero-order valence-electron chi connectivity index (χ0n) is 83.2. The minimum absolute atomic E-state index is 0.515. The summed E-state index contributed by atoms with van der Waals surface area (Å²) in [6.45, 7) is 0. The highest BCUT2D eigenvalue weighted by Gasteiger charge is 2.13. The fraction of sp³-hybridized carbons (Fsp3) is 0. The smallest absolute Gasteiger partial charge is 0.0802 e. The van der Waals surface area contributed by atoms with Crippen molar-refractivity contribution in [2.75, 3.05) is 0 Å². The Balaban J connectivity index is 0.000000725. The van der Waals surface area contributed by atoms with E-state index in [-0.39, 0.29) is 0 Å². The van der Waals surface area contributed by atoms with Gasteiger partial charge in [-0.3, -0.25) is 39.9 Å². The van der Waals surface area contributed by atoms with E-state index in [0.717, 1.165) is 124 Å². The maximum Gasteiger partial charge on any atom is 0.0802 e. The van der Waals surface area contributed by atoms with E-state index in [9.17, 15) is 0 Å². The van der Waals surface area contributed by atoms with Gasteiger partial charge < -0.3 is 0 Å². The van der Waals surface area contributed by atoms with Gasteiger partial charge in [-0.15, -0.1) is 0 Å².